The Morgan fingerprint density at radius 3 is 2.88 bits per heavy atom. The van der Waals surface area contributed by atoms with Crippen LogP contribution >= 0.6 is 11.6 Å². The summed E-state index contributed by atoms with van der Waals surface area (Å²) < 4.78 is 0. The molecule has 16 heavy (non-hydrogen) atoms. The monoisotopic (exact) mass is 244 g/mol. The summed E-state index contributed by atoms with van der Waals surface area (Å²) in [6.07, 6.45) is -0.804. The van der Waals surface area contributed by atoms with Gasteiger partial charge in [-0.2, -0.15) is 5.48 Å². The first-order valence-electron chi connectivity index (χ1n) is 4.66. The number of hydroxylamine groups is 1. The number of carbonyl (C=O) groups excluding carboxylic acids is 1. The summed E-state index contributed by atoms with van der Waals surface area (Å²) in [5.41, 5.74) is 7.89. The molecule has 88 valence electrons. The van der Waals surface area contributed by atoms with E-state index in [9.17, 15) is 9.90 Å². The molecule has 0 bridgehead atoms. The van der Waals surface area contributed by atoms with Gasteiger partial charge in [0.2, 0.25) is 5.91 Å². The molecule has 0 saturated carbocycles. The van der Waals surface area contributed by atoms with E-state index < -0.39 is 12.0 Å². The normalized spacial score (nSPS) is 12.4. The maximum absolute atomic E-state index is 10.3. The number of amides is 1. The average molecular weight is 245 g/mol. The quantitative estimate of drug-likeness (QED) is 0.499. The number of nitrogens with two attached hydrogens (primary N) is 1. The van der Waals surface area contributed by atoms with Crippen molar-refractivity contribution >= 4 is 17.5 Å². The second-order valence-corrected chi connectivity index (χ2v) is 3.55. The Labute approximate surface area is 98.1 Å². The Hall–Kier alpha value is -1.14. The largest absolute Gasteiger partial charge is 0.387 e. The highest BCUT2D eigenvalue weighted by molar-refractivity contribution is 6.31. The van der Waals surface area contributed by atoms with Crippen LogP contribution in [-0.4, -0.2) is 24.2 Å². The summed E-state index contributed by atoms with van der Waals surface area (Å²) in [4.78, 5) is 15.0. The van der Waals surface area contributed by atoms with Gasteiger partial charge < -0.3 is 10.8 Å². The van der Waals surface area contributed by atoms with Crippen LogP contribution in [0.15, 0.2) is 24.3 Å². The zero-order valence-electron chi connectivity index (χ0n) is 8.52. The predicted octanol–water partition coefficient (Wildman–Crippen LogP) is 0.380. The Bertz CT molecular complexity index is 360. The van der Waals surface area contributed by atoms with Crippen LogP contribution < -0.4 is 11.2 Å². The Kier molecular flexibility index (Phi) is 5.21. The van der Waals surface area contributed by atoms with E-state index in [0.29, 0.717) is 10.6 Å². The van der Waals surface area contributed by atoms with Gasteiger partial charge in [-0.05, 0) is 6.07 Å². The minimum atomic E-state index is -0.804. The highest BCUT2D eigenvalue weighted by Crippen LogP contribution is 2.21. The summed E-state index contributed by atoms with van der Waals surface area (Å²) in [6, 6.07) is 6.94. The SMILES string of the molecule is NC(=O)CONCC(O)c1ccccc1Cl. The van der Waals surface area contributed by atoms with Crippen molar-refractivity contribution in [2.75, 3.05) is 13.2 Å². The van der Waals surface area contributed by atoms with E-state index in [-0.39, 0.29) is 13.2 Å². The highest BCUT2D eigenvalue weighted by Gasteiger charge is 2.10. The van der Waals surface area contributed by atoms with Crippen LogP contribution in [0.3, 0.4) is 0 Å². The molecule has 1 aromatic carbocycles. The molecule has 1 rings (SSSR count). The molecule has 1 atom stereocenters. The molecule has 0 aliphatic carbocycles. The van der Waals surface area contributed by atoms with Gasteiger partial charge in [0.05, 0.1) is 12.6 Å². The van der Waals surface area contributed by atoms with E-state index in [1.807, 2.05) is 0 Å². The first kappa shape index (κ1) is 12.9. The smallest absolute Gasteiger partial charge is 0.245 e. The first-order chi connectivity index (χ1) is 7.61. The molecule has 0 radical (unpaired) electrons. The molecular formula is C10H13ClN2O3. The average Bonchev–Trinajstić information content (AvgIpc) is 2.24. The lowest BCUT2D eigenvalue weighted by atomic mass is 10.1. The van der Waals surface area contributed by atoms with Crippen LogP contribution in [-0.2, 0) is 9.63 Å². The van der Waals surface area contributed by atoms with Crippen molar-refractivity contribution < 1.29 is 14.7 Å². The fraction of sp³-hybridized carbons (Fsp3) is 0.300. The van der Waals surface area contributed by atoms with E-state index in [4.69, 9.17) is 22.2 Å². The number of halogens is 1. The number of benzene rings is 1. The lowest BCUT2D eigenvalue weighted by Crippen LogP contribution is -2.28. The standard InChI is InChI=1S/C10H13ClN2O3/c11-8-4-2-1-3-7(8)9(14)5-13-16-6-10(12)15/h1-4,9,13-14H,5-6H2,(H2,12,15). The summed E-state index contributed by atoms with van der Waals surface area (Å²) >= 11 is 5.88. The van der Waals surface area contributed by atoms with Crippen LogP contribution in [0.1, 0.15) is 11.7 Å². The van der Waals surface area contributed by atoms with Gasteiger partial charge >= 0.3 is 0 Å². The zero-order chi connectivity index (χ0) is 12.0. The molecule has 0 spiro atoms. The van der Waals surface area contributed by atoms with Gasteiger partial charge in [0.15, 0.2) is 0 Å². The molecule has 6 heteroatoms. The van der Waals surface area contributed by atoms with Crippen molar-refractivity contribution in [3.63, 3.8) is 0 Å². The lowest BCUT2D eigenvalue weighted by molar-refractivity contribution is -0.125. The third kappa shape index (κ3) is 4.16. The third-order valence-corrected chi connectivity index (χ3v) is 2.20. The highest BCUT2D eigenvalue weighted by atomic mass is 35.5. The Balaban J connectivity index is 2.38. The molecule has 1 aromatic rings. The Morgan fingerprint density at radius 1 is 1.56 bits per heavy atom. The van der Waals surface area contributed by atoms with Crippen LogP contribution in [0.2, 0.25) is 5.02 Å². The molecule has 0 saturated heterocycles. The van der Waals surface area contributed by atoms with E-state index >= 15 is 0 Å². The molecule has 1 unspecified atom stereocenters. The third-order valence-electron chi connectivity index (χ3n) is 1.86. The van der Waals surface area contributed by atoms with E-state index in [0.717, 1.165) is 0 Å². The van der Waals surface area contributed by atoms with Crippen molar-refractivity contribution in [2.45, 2.75) is 6.10 Å². The topological polar surface area (TPSA) is 84.6 Å². The van der Waals surface area contributed by atoms with Gasteiger partial charge in [0, 0.05) is 10.6 Å². The second-order valence-electron chi connectivity index (χ2n) is 3.14. The second kappa shape index (κ2) is 6.44. The number of primary amides is 1. The number of hydrogen-bond donors (Lipinski definition) is 3. The minimum Gasteiger partial charge on any atom is -0.387 e. The summed E-state index contributed by atoms with van der Waals surface area (Å²) in [5.74, 6) is -0.584. The number of nitrogens with one attached hydrogen (secondary N) is 1. The minimum absolute atomic E-state index is 0.122. The van der Waals surface area contributed by atoms with Crippen LogP contribution in [0.25, 0.3) is 0 Å². The van der Waals surface area contributed by atoms with Crippen molar-refractivity contribution in [3.8, 4) is 0 Å². The number of carbonyl (C=O) groups is 1. The van der Waals surface area contributed by atoms with Crippen molar-refractivity contribution in [1.82, 2.24) is 5.48 Å². The molecule has 0 heterocycles. The molecule has 0 aromatic heterocycles. The van der Waals surface area contributed by atoms with Gasteiger partial charge in [-0.15, -0.1) is 0 Å². The van der Waals surface area contributed by atoms with E-state index in [1.165, 1.54) is 0 Å². The van der Waals surface area contributed by atoms with E-state index in [2.05, 4.69) is 5.48 Å². The summed E-state index contributed by atoms with van der Waals surface area (Å²) in [6.45, 7) is -0.119. The lowest BCUT2D eigenvalue weighted by Gasteiger charge is -2.12. The maximum Gasteiger partial charge on any atom is 0.245 e. The van der Waals surface area contributed by atoms with Gasteiger partial charge in [0.1, 0.15) is 6.61 Å². The van der Waals surface area contributed by atoms with Gasteiger partial charge in [0.25, 0.3) is 0 Å². The predicted molar refractivity (Wildman–Crippen MR) is 59.6 cm³/mol. The van der Waals surface area contributed by atoms with Crippen molar-refractivity contribution in [1.29, 1.82) is 0 Å². The maximum atomic E-state index is 10.3. The van der Waals surface area contributed by atoms with Crippen molar-refractivity contribution in [2.24, 2.45) is 5.73 Å². The van der Waals surface area contributed by atoms with Crippen LogP contribution in [0, 0.1) is 0 Å². The first-order valence-corrected chi connectivity index (χ1v) is 5.04. The summed E-state index contributed by atoms with van der Waals surface area (Å²) in [7, 11) is 0. The van der Waals surface area contributed by atoms with Gasteiger partial charge in [-0.25, -0.2) is 0 Å². The summed E-state index contributed by atoms with van der Waals surface area (Å²) in [5, 5.41) is 10.2. The molecule has 0 aliphatic rings. The van der Waals surface area contributed by atoms with Crippen molar-refractivity contribution in [3.05, 3.63) is 34.9 Å². The number of aliphatic hydroxyl groups excluding tert-OH is 1. The Morgan fingerprint density at radius 2 is 2.25 bits per heavy atom. The number of hydrogen-bond acceptors (Lipinski definition) is 4. The van der Waals surface area contributed by atoms with Gasteiger partial charge in [-0.3, -0.25) is 9.63 Å². The van der Waals surface area contributed by atoms with Crippen LogP contribution in [0.5, 0.6) is 0 Å². The zero-order valence-corrected chi connectivity index (χ0v) is 9.28. The fourth-order valence-corrected chi connectivity index (χ4v) is 1.38. The number of rotatable bonds is 6. The molecule has 1 amide bonds. The molecule has 0 fully saturated rings. The van der Waals surface area contributed by atoms with Gasteiger partial charge in [-0.1, -0.05) is 29.8 Å². The molecule has 4 N–H and O–H groups in total. The van der Waals surface area contributed by atoms with E-state index in [1.54, 1.807) is 24.3 Å². The fourth-order valence-electron chi connectivity index (χ4n) is 1.12. The molecule has 0 aliphatic heterocycles. The van der Waals surface area contributed by atoms with Crippen LogP contribution in [0.4, 0.5) is 0 Å². The molecular weight excluding hydrogens is 232 g/mol. The number of aliphatic hydroxyl groups is 1. The molecule has 5 nitrogen and oxygen atoms in total.